The zero-order valence-electron chi connectivity index (χ0n) is 18.5. The van der Waals surface area contributed by atoms with Crippen LogP contribution in [0.15, 0.2) is 22.8 Å². The predicted octanol–water partition coefficient (Wildman–Crippen LogP) is 6.77. The van der Waals surface area contributed by atoms with Gasteiger partial charge in [0.1, 0.15) is 19.6 Å². The van der Waals surface area contributed by atoms with Crippen LogP contribution in [-0.2, 0) is 4.74 Å². The molecule has 0 spiro atoms. The van der Waals surface area contributed by atoms with Crippen molar-refractivity contribution in [2.24, 2.45) is 23.7 Å². The Labute approximate surface area is 183 Å². The SMILES string of the molecule is BC(CCC)C1CCC(C2CCC(C3=CC4=C(CC(Cl)OC4)C(F)C3)CC2)CC1. The fourth-order valence-corrected chi connectivity index (χ4v) is 7.06. The monoisotopic (exact) mass is 420 g/mol. The van der Waals surface area contributed by atoms with Gasteiger partial charge in [0.2, 0.25) is 0 Å². The summed E-state index contributed by atoms with van der Waals surface area (Å²) >= 11 is 6.07. The van der Waals surface area contributed by atoms with Crippen molar-refractivity contribution in [2.75, 3.05) is 6.61 Å². The van der Waals surface area contributed by atoms with Gasteiger partial charge in [-0.1, -0.05) is 61.7 Å². The van der Waals surface area contributed by atoms with Gasteiger partial charge in [-0.05, 0) is 73.3 Å². The zero-order chi connectivity index (χ0) is 20.4. The lowest BCUT2D eigenvalue weighted by Crippen LogP contribution is -2.29. The van der Waals surface area contributed by atoms with Crippen LogP contribution in [0.5, 0.6) is 0 Å². The predicted molar refractivity (Wildman–Crippen MR) is 123 cm³/mol. The second-order valence-corrected chi connectivity index (χ2v) is 10.9. The number of rotatable bonds is 5. The Bertz CT molecular complexity index is 616. The molecule has 4 rings (SSSR count). The molecule has 4 aliphatic rings. The summed E-state index contributed by atoms with van der Waals surface area (Å²) in [4.78, 5) is 0. The lowest BCUT2D eigenvalue weighted by Gasteiger charge is -2.40. The first-order chi connectivity index (χ1) is 14.0. The molecular formula is C25H39BClFO. The molecule has 162 valence electrons. The van der Waals surface area contributed by atoms with Crippen molar-refractivity contribution in [2.45, 2.75) is 102 Å². The lowest BCUT2D eigenvalue weighted by molar-refractivity contribution is 0.109. The number of allylic oxidation sites excluding steroid dienone is 1. The van der Waals surface area contributed by atoms with Crippen molar-refractivity contribution in [3.63, 3.8) is 0 Å². The largest absolute Gasteiger partial charge is 0.357 e. The van der Waals surface area contributed by atoms with Gasteiger partial charge in [0.25, 0.3) is 0 Å². The summed E-state index contributed by atoms with van der Waals surface area (Å²) in [5, 5.41) is 0. The van der Waals surface area contributed by atoms with E-state index in [9.17, 15) is 4.39 Å². The van der Waals surface area contributed by atoms with Crippen LogP contribution >= 0.6 is 11.6 Å². The van der Waals surface area contributed by atoms with E-state index in [1.54, 1.807) is 0 Å². The van der Waals surface area contributed by atoms with E-state index < -0.39 is 6.17 Å². The van der Waals surface area contributed by atoms with Crippen molar-refractivity contribution < 1.29 is 9.13 Å². The molecule has 4 heteroatoms. The zero-order valence-corrected chi connectivity index (χ0v) is 19.2. The van der Waals surface area contributed by atoms with Crippen LogP contribution in [0, 0.1) is 23.7 Å². The summed E-state index contributed by atoms with van der Waals surface area (Å²) in [6.07, 6.45) is 16.4. The van der Waals surface area contributed by atoms with E-state index in [0.717, 1.165) is 34.7 Å². The second kappa shape index (κ2) is 9.90. The molecule has 2 fully saturated rings. The summed E-state index contributed by atoms with van der Waals surface area (Å²) in [6, 6.07) is 0. The Balaban J connectivity index is 1.28. The second-order valence-electron chi connectivity index (χ2n) is 10.4. The van der Waals surface area contributed by atoms with Crippen molar-refractivity contribution >= 4 is 19.4 Å². The highest BCUT2D eigenvalue weighted by Crippen LogP contribution is 2.47. The number of ether oxygens (including phenoxy) is 1. The van der Waals surface area contributed by atoms with Crippen molar-refractivity contribution in [1.82, 2.24) is 0 Å². The minimum Gasteiger partial charge on any atom is -0.357 e. The first-order valence-electron chi connectivity index (χ1n) is 12.4. The van der Waals surface area contributed by atoms with Gasteiger partial charge >= 0.3 is 0 Å². The maximum Gasteiger partial charge on any atom is 0.135 e. The number of hydrogen-bond acceptors (Lipinski definition) is 1. The average molecular weight is 421 g/mol. The lowest BCUT2D eigenvalue weighted by atomic mass is 9.62. The van der Waals surface area contributed by atoms with Gasteiger partial charge < -0.3 is 4.74 Å². The molecule has 0 N–H and O–H groups in total. The Hall–Kier alpha value is -0.275. The standard InChI is InChI=1S/C25H39BClFO/c1-2-3-23(26)19-10-8-17(9-11-19)16-4-6-18(7-5-16)20-12-21-15-29-25(27)14-22(21)24(28)13-20/h12,16-19,23-25H,2-11,13-15,26H2,1H3. The molecule has 0 aromatic rings. The summed E-state index contributed by atoms with van der Waals surface area (Å²) < 4.78 is 20.4. The van der Waals surface area contributed by atoms with Gasteiger partial charge in [-0.15, -0.1) is 0 Å². The minimum absolute atomic E-state index is 0.350. The highest BCUT2D eigenvalue weighted by Gasteiger charge is 2.35. The summed E-state index contributed by atoms with van der Waals surface area (Å²) in [6.45, 7) is 2.81. The molecule has 3 aliphatic carbocycles. The fourth-order valence-electron chi connectivity index (χ4n) is 6.83. The van der Waals surface area contributed by atoms with Gasteiger partial charge in [-0.25, -0.2) is 4.39 Å². The van der Waals surface area contributed by atoms with Crippen LogP contribution in [0.3, 0.4) is 0 Å². The maximum atomic E-state index is 14.8. The van der Waals surface area contributed by atoms with Crippen LogP contribution in [0.2, 0.25) is 5.82 Å². The number of halogens is 2. The molecule has 1 aliphatic heterocycles. The normalized spacial score (nSPS) is 39.6. The van der Waals surface area contributed by atoms with E-state index >= 15 is 0 Å². The molecule has 0 aromatic heterocycles. The quantitative estimate of drug-likeness (QED) is 0.352. The Morgan fingerprint density at radius 2 is 1.72 bits per heavy atom. The first kappa shape index (κ1) is 21.9. The van der Waals surface area contributed by atoms with E-state index in [1.807, 2.05) is 0 Å². The third-order valence-electron chi connectivity index (χ3n) is 8.69. The summed E-state index contributed by atoms with van der Waals surface area (Å²) in [7, 11) is 2.47. The van der Waals surface area contributed by atoms with Crippen molar-refractivity contribution in [1.29, 1.82) is 0 Å². The van der Waals surface area contributed by atoms with Gasteiger partial charge in [0.15, 0.2) is 0 Å². The summed E-state index contributed by atoms with van der Waals surface area (Å²) in [5.74, 6) is 4.36. The van der Waals surface area contributed by atoms with Gasteiger partial charge in [0, 0.05) is 12.8 Å². The first-order valence-corrected chi connectivity index (χ1v) is 12.8. The smallest absolute Gasteiger partial charge is 0.135 e. The van der Waals surface area contributed by atoms with Crippen LogP contribution in [0.1, 0.15) is 84.0 Å². The van der Waals surface area contributed by atoms with E-state index in [1.165, 1.54) is 69.8 Å². The van der Waals surface area contributed by atoms with Crippen LogP contribution in [-0.4, -0.2) is 26.2 Å². The fraction of sp³-hybridized carbons (Fsp3) is 0.840. The molecule has 1 heterocycles. The van der Waals surface area contributed by atoms with Crippen LogP contribution in [0.4, 0.5) is 4.39 Å². The van der Waals surface area contributed by atoms with Crippen LogP contribution < -0.4 is 0 Å². The van der Waals surface area contributed by atoms with Gasteiger partial charge in [-0.3, -0.25) is 0 Å². The average Bonchev–Trinajstić information content (AvgIpc) is 2.74. The maximum absolute atomic E-state index is 14.8. The molecule has 0 bridgehead atoms. The Morgan fingerprint density at radius 3 is 2.38 bits per heavy atom. The Morgan fingerprint density at radius 1 is 1.07 bits per heavy atom. The highest BCUT2D eigenvalue weighted by molar-refractivity contribution is 6.19. The molecule has 1 nitrogen and oxygen atoms in total. The topological polar surface area (TPSA) is 9.23 Å². The Kier molecular flexibility index (Phi) is 7.49. The minimum atomic E-state index is -0.840. The van der Waals surface area contributed by atoms with Crippen LogP contribution in [0.25, 0.3) is 0 Å². The van der Waals surface area contributed by atoms with E-state index in [4.69, 9.17) is 16.3 Å². The van der Waals surface area contributed by atoms with Crippen molar-refractivity contribution in [3.8, 4) is 0 Å². The molecule has 0 amide bonds. The van der Waals surface area contributed by atoms with E-state index in [0.29, 0.717) is 25.4 Å². The molecule has 0 radical (unpaired) electrons. The molecule has 0 saturated heterocycles. The van der Waals surface area contributed by atoms with Crippen molar-refractivity contribution in [3.05, 3.63) is 22.8 Å². The molecule has 3 atom stereocenters. The highest BCUT2D eigenvalue weighted by atomic mass is 35.5. The van der Waals surface area contributed by atoms with E-state index in [-0.39, 0.29) is 5.56 Å². The van der Waals surface area contributed by atoms with E-state index in [2.05, 4.69) is 20.8 Å². The molecule has 29 heavy (non-hydrogen) atoms. The third kappa shape index (κ3) is 5.14. The molecule has 2 saturated carbocycles. The van der Waals surface area contributed by atoms with Gasteiger partial charge in [-0.2, -0.15) is 0 Å². The number of alkyl halides is 2. The van der Waals surface area contributed by atoms with Gasteiger partial charge in [0.05, 0.1) is 6.61 Å². The molecular weight excluding hydrogens is 382 g/mol. The molecule has 0 aromatic carbocycles. The third-order valence-corrected chi connectivity index (χ3v) is 8.97. The molecule has 3 unspecified atom stereocenters. The number of hydrogen-bond donors (Lipinski definition) is 0. The summed E-state index contributed by atoms with van der Waals surface area (Å²) in [5.41, 5.74) is 2.99.